The summed E-state index contributed by atoms with van der Waals surface area (Å²) in [6.07, 6.45) is 0.500. The van der Waals surface area contributed by atoms with Gasteiger partial charge in [0.2, 0.25) is 5.82 Å². The number of nitrogens with zero attached hydrogens (tertiary/aromatic N) is 3. The summed E-state index contributed by atoms with van der Waals surface area (Å²) in [6, 6.07) is 13.9. The maximum Gasteiger partial charge on any atom is 0.291 e. The number of rotatable bonds is 4. The lowest BCUT2D eigenvalue weighted by Gasteiger charge is -2.30. The highest BCUT2D eigenvalue weighted by Crippen LogP contribution is 2.31. The second kappa shape index (κ2) is 9.21. The third-order valence-corrected chi connectivity index (χ3v) is 5.73. The summed E-state index contributed by atoms with van der Waals surface area (Å²) in [4.78, 5) is 31.5. The maximum atomic E-state index is 13.1. The Bertz CT molecular complexity index is 1320. The van der Waals surface area contributed by atoms with E-state index >= 15 is 0 Å². The molecule has 0 radical (unpaired) electrons. The fourth-order valence-corrected chi connectivity index (χ4v) is 3.72. The molecule has 5 rings (SSSR count). The van der Waals surface area contributed by atoms with Crippen LogP contribution in [0.25, 0.3) is 0 Å². The van der Waals surface area contributed by atoms with Crippen LogP contribution in [0.2, 0.25) is 0 Å². The van der Waals surface area contributed by atoms with Crippen molar-refractivity contribution in [1.82, 2.24) is 20.5 Å². The molecule has 0 spiro atoms. The number of hydrogen-bond acceptors (Lipinski definition) is 7. The number of nitrogens with one attached hydrogen (secondary N) is 2. The zero-order valence-electron chi connectivity index (χ0n) is 18.9. The van der Waals surface area contributed by atoms with Gasteiger partial charge in [-0.25, -0.2) is 4.98 Å². The van der Waals surface area contributed by atoms with Gasteiger partial charge in [-0.05, 0) is 23.8 Å². The number of aromatic nitrogens is 3. The molecule has 10 nitrogen and oxygen atoms in total. The van der Waals surface area contributed by atoms with Crippen LogP contribution in [0.1, 0.15) is 27.6 Å². The van der Waals surface area contributed by atoms with Crippen LogP contribution in [0.5, 0.6) is 5.75 Å². The monoisotopic (exact) mass is 473 g/mol. The second-order valence-corrected chi connectivity index (χ2v) is 8.46. The van der Waals surface area contributed by atoms with Crippen LogP contribution in [0.15, 0.2) is 48.5 Å². The van der Waals surface area contributed by atoms with Crippen molar-refractivity contribution < 1.29 is 24.2 Å². The van der Waals surface area contributed by atoms with Crippen molar-refractivity contribution in [1.29, 1.82) is 0 Å². The molecule has 3 heterocycles. The maximum absolute atomic E-state index is 13.1. The van der Waals surface area contributed by atoms with Gasteiger partial charge in [-0.2, -0.15) is 0 Å². The van der Waals surface area contributed by atoms with Crippen molar-refractivity contribution in [2.24, 2.45) is 0 Å². The van der Waals surface area contributed by atoms with E-state index in [9.17, 15) is 14.7 Å². The van der Waals surface area contributed by atoms with Crippen LogP contribution in [-0.4, -0.2) is 70.6 Å². The number of likely N-dealkylation sites (N-methyl/N-ethyl adjacent to an activating group) is 1. The minimum atomic E-state index is -1.14. The van der Waals surface area contributed by atoms with E-state index in [0.29, 0.717) is 29.2 Å². The summed E-state index contributed by atoms with van der Waals surface area (Å²) < 4.78 is 10.8. The number of benzene rings is 2. The Morgan fingerprint density at radius 3 is 2.83 bits per heavy atom. The number of carbonyl (C=O) groups is 2. The van der Waals surface area contributed by atoms with Gasteiger partial charge in [0, 0.05) is 19.0 Å². The molecule has 1 saturated heterocycles. The van der Waals surface area contributed by atoms with E-state index < -0.39 is 17.6 Å². The van der Waals surface area contributed by atoms with Gasteiger partial charge in [-0.3, -0.25) is 14.7 Å². The quantitative estimate of drug-likeness (QED) is 0.475. The van der Waals surface area contributed by atoms with Crippen molar-refractivity contribution in [2.75, 3.05) is 31.8 Å². The first kappa shape index (κ1) is 22.6. The average molecular weight is 473 g/mol. The SMILES string of the molecule is CN1C(=O)C(NC(=O)c2n[nH]c(Cc3ccccc3)n2)COc2ccc(C#CC3(O)COC3)cc21. The Morgan fingerprint density at radius 2 is 2.09 bits per heavy atom. The normalized spacial score (nSPS) is 18.3. The van der Waals surface area contributed by atoms with Gasteiger partial charge in [-0.1, -0.05) is 42.2 Å². The van der Waals surface area contributed by atoms with E-state index in [1.807, 2.05) is 30.3 Å². The molecule has 1 unspecified atom stereocenters. The Hall–Kier alpha value is -4.20. The van der Waals surface area contributed by atoms with Crippen molar-refractivity contribution >= 4 is 17.5 Å². The largest absolute Gasteiger partial charge is 0.489 e. The first-order valence-corrected chi connectivity index (χ1v) is 11.0. The third kappa shape index (κ3) is 4.87. The summed E-state index contributed by atoms with van der Waals surface area (Å²) in [7, 11) is 1.60. The molecule has 2 aromatic carbocycles. The summed E-state index contributed by atoms with van der Waals surface area (Å²) in [6.45, 7) is 0.296. The number of hydrogen-bond donors (Lipinski definition) is 3. The lowest BCUT2D eigenvalue weighted by atomic mass is 10.0. The molecule has 3 N–H and O–H groups in total. The summed E-state index contributed by atoms with van der Waals surface area (Å²) in [5.41, 5.74) is 1.02. The molecule has 1 atom stereocenters. The number of aromatic amines is 1. The predicted octanol–water partition coefficient (Wildman–Crippen LogP) is 0.662. The molecule has 1 fully saturated rings. The minimum Gasteiger partial charge on any atom is -0.489 e. The van der Waals surface area contributed by atoms with Crippen LogP contribution in [0, 0.1) is 11.8 Å². The van der Waals surface area contributed by atoms with E-state index in [1.165, 1.54) is 4.90 Å². The van der Waals surface area contributed by atoms with Crippen LogP contribution < -0.4 is 15.0 Å². The van der Waals surface area contributed by atoms with Gasteiger partial charge in [0.05, 0.1) is 18.9 Å². The van der Waals surface area contributed by atoms with Crippen molar-refractivity contribution in [3.8, 4) is 17.6 Å². The zero-order chi connectivity index (χ0) is 24.4. The minimum absolute atomic E-state index is 0.0503. The van der Waals surface area contributed by atoms with Gasteiger partial charge in [-0.15, -0.1) is 5.10 Å². The smallest absolute Gasteiger partial charge is 0.291 e. The number of amides is 2. The molecule has 1 aromatic heterocycles. The van der Waals surface area contributed by atoms with Crippen molar-refractivity contribution in [3.63, 3.8) is 0 Å². The molecule has 2 aliphatic rings. The van der Waals surface area contributed by atoms with Crippen LogP contribution in [0.3, 0.4) is 0 Å². The van der Waals surface area contributed by atoms with Gasteiger partial charge in [0.25, 0.3) is 11.8 Å². The third-order valence-electron chi connectivity index (χ3n) is 5.73. The number of H-pyrrole nitrogens is 1. The highest BCUT2D eigenvalue weighted by molar-refractivity contribution is 6.02. The van der Waals surface area contributed by atoms with E-state index in [0.717, 1.165) is 5.56 Å². The standard InChI is InChI=1S/C25H23N5O5/c1-30-19-11-17(9-10-25(33)14-34-15-25)7-8-20(19)35-13-18(24(30)32)26-23(31)22-27-21(28-29-22)12-16-5-3-2-4-6-16/h2-8,11,18,33H,12-15H2,1H3,(H,26,31)(H,27,28,29). The molecular formula is C25H23N5O5. The van der Waals surface area contributed by atoms with Crippen molar-refractivity contribution in [3.05, 3.63) is 71.3 Å². The fourth-order valence-electron chi connectivity index (χ4n) is 3.72. The molecule has 0 bridgehead atoms. The molecule has 2 aliphatic heterocycles. The number of fused-ring (bicyclic) bond motifs is 1. The average Bonchev–Trinajstić information content (AvgIpc) is 3.28. The van der Waals surface area contributed by atoms with E-state index in [2.05, 4.69) is 32.3 Å². The molecule has 3 aromatic rings. The Kier molecular flexibility index (Phi) is 5.94. The number of anilines is 1. The number of aliphatic hydroxyl groups is 1. The highest BCUT2D eigenvalue weighted by Gasteiger charge is 2.34. The molecule has 10 heteroatoms. The molecule has 0 saturated carbocycles. The summed E-state index contributed by atoms with van der Waals surface area (Å²) in [5, 5.41) is 19.5. The Balaban J connectivity index is 1.27. The zero-order valence-corrected chi connectivity index (χ0v) is 18.9. The first-order valence-electron chi connectivity index (χ1n) is 11.0. The van der Waals surface area contributed by atoms with Gasteiger partial charge >= 0.3 is 0 Å². The first-order chi connectivity index (χ1) is 16.9. The Morgan fingerprint density at radius 1 is 1.29 bits per heavy atom. The lowest BCUT2D eigenvalue weighted by molar-refractivity contribution is -0.140. The number of carbonyl (C=O) groups excluding carboxylic acids is 2. The summed E-state index contributed by atoms with van der Waals surface area (Å²) in [5.74, 6) is 5.75. The van der Waals surface area contributed by atoms with E-state index in [4.69, 9.17) is 9.47 Å². The molecule has 2 amide bonds. The van der Waals surface area contributed by atoms with Crippen LogP contribution in [-0.2, 0) is 16.0 Å². The Labute approximate surface area is 201 Å². The number of ether oxygens (including phenoxy) is 2. The van der Waals surface area contributed by atoms with E-state index in [1.54, 1.807) is 25.2 Å². The van der Waals surface area contributed by atoms with Gasteiger partial charge in [0.1, 0.15) is 24.2 Å². The molecular weight excluding hydrogens is 450 g/mol. The van der Waals surface area contributed by atoms with Crippen LogP contribution in [0.4, 0.5) is 5.69 Å². The molecule has 0 aliphatic carbocycles. The topological polar surface area (TPSA) is 130 Å². The van der Waals surface area contributed by atoms with Gasteiger partial charge < -0.3 is 24.8 Å². The highest BCUT2D eigenvalue weighted by atomic mass is 16.5. The van der Waals surface area contributed by atoms with Crippen LogP contribution >= 0.6 is 0 Å². The molecule has 178 valence electrons. The molecule has 35 heavy (non-hydrogen) atoms. The second-order valence-electron chi connectivity index (χ2n) is 8.46. The summed E-state index contributed by atoms with van der Waals surface area (Å²) >= 11 is 0. The fraction of sp³-hybridized carbons (Fsp3) is 0.280. The lowest BCUT2D eigenvalue weighted by Crippen LogP contribution is -2.49. The predicted molar refractivity (Wildman–Crippen MR) is 125 cm³/mol. The van der Waals surface area contributed by atoms with Gasteiger partial charge in [0.15, 0.2) is 5.60 Å². The van der Waals surface area contributed by atoms with Crippen molar-refractivity contribution in [2.45, 2.75) is 18.1 Å². The van der Waals surface area contributed by atoms with E-state index in [-0.39, 0.29) is 31.6 Å².